The van der Waals surface area contributed by atoms with Gasteiger partial charge in [0.2, 0.25) is 0 Å². The number of amides is 1. The van der Waals surface area contributed by atoms with Crippen LogP contribution in [0.3, 0.4) is 0 Å². The molecule has 0 aromatic carbocycles. The number of carbonyl (C=O) groups is 1. The van der Waals surface area contributed by atoms with E-state index in [0.717, 1.165) is 17.1 Å². The summed E-state index contributed by atoms with van der Waals surface area (Å²) >= 11 is 0. The summed E-state index contributed by atoms with van der Waals surface area (Å²) in [4.78, 5) is 20.7. The van der Waals surface area contributed by atoms with Gasteiger partial charge in [-0.25, -0.2) is 0 Å². The fourth-order valence-electron chi connectivity index (χ4n) is 1.93. The van der Waals surface area contributed by atoms with Crippen molar-refractivity contribution in [3.63, 3.8) is 0 Å². The second-order valence-electron chi connectivity index (χ2n) is 4.57. The maximum Gasteiger partial charge on any atom is 0.255 e. The summed E-state index contributed by atoms with van der Waals surface area (Å²) in [6.07, 6.45) is 3.30. The van der Waals surface area contributed by atoms with Crippen molar-refractivity contribution < 1.29 is 4.79 Å². The van der Waals surface area contributed by atoms with Crippen molar-refractivity contribution in [3.05, 3.63) is 53.6 Å². The first-order valence-electron chi connectivity index (χ1n) is 6.48. The number of rotatable bonds is 4. The molecule has 0 radical (unpaired) electrons. The molecule has 2 aromatic rings. The van der Waals surface area contributed by atoms with E-state index in [4.69, 9.17) is 0 Å². The number of hydrogen-bond donors (Lipinski definition) is 2. The van der Waals surface area contributed by atoms with Crippen molar-refractivity contribution in [2.45, 2.75) is 19.9 Å². The van der Waals surface area contributed by atoms with Gasteiger partial charge in [0.15, 0.2) is 0 Å². The summed E-state index contributed by atoms with van der Waals surface area (Å²) < 4.78 is 0. The van der Waals surface area contributed by atoms with Crippen LogP contribution in [0.1, 0.15) is 34.7 Å². The number of nitrogens with one attached hydrogen (secondary N) is 2. The molecule has 1 amide bonds. The van der Waals surface area contributed by atoms with E-state index >= 15 is 0 Å². The van der Waals surface area contributed by atoms with Crippen molar-refractivity contribution in [2.24, 2.45) is 0 Å². The first-order valence-corrected chi connectivity index (χ1v) is 6.48. The van der Waals surface area contributed by atoms with Crippen LogP contribution in [0.5, 0.6) is 0 Å². The van der Waals surface area contributed by atoms with Crippen molar-refractivity contribution in [3.8, 4) is 0 Å². The first-order chi connectivity index (χ1) is 9.61. The van der Waals surface area contributed by atoms with Crippen LogP contribution in [0.2, 0.25) is 0 Å². The largest absolute Gasteiger partial charge is 0.387 e. The van der Waals surface area contributed by atoms with Gasteiger partial charge in [-0.05, 0) is 32.0 Å². The molecular weight excluding hydrogens is 252 g/mol. The molecule has 0 aliphatic carbocycles. The molecule has 0 spiro atoms. The minimum atomic E-state index is -0.167. The highest BCUT2D eigenvalue weighted by atomic mass is 16.1. The third-order valence-corrected chi connectivity index (χ3v) is 3.03. The Balaban J connectivity index is 2.16. The minimum Gasteiger partial charge on any atom is -0.387 e. The summed E-state index contributed by atoms with van der Waals surface area (Å²) in [5, 5.41) is 5.94. The fraction of sp³-hybridized carbons (Fsp3) is 0.267. The fourth-order valence-corrected chi connectivity index (χ4v) is 1.93. The Kier molecular flexibility index (Phi) is 4.30. The van der Waals surface area contributed by atoms with E-state index < -0.39 is 0 Å². The second kappa shape index (κ2) is 6.14. The highest BCUT2D eigenvalue weighted by Crippen LogP contribution is 2.16. The average molecular weight is 270 g/mol. The van der Waals surface area contributed by atoms with Gasteiger partial charge in [-0.3, -0.25) is 14.8 Å². The van der Waals surface area contributed by atoms with E-state index in [1.807, 2.05) is 38.1 Å². The van der Waals surface area contributed by atoms with Crippen molar-refractivity contribution in [1.29, 1.82) is 0 Å². The molecular formula is C15H18N4O. The van der Waals surface area contributed by atoms with Gasteiger partial charge in [0, 0.05) is 25.1 Å². The lowest BCUT2D eigenvalue weighted by Gasteiger charge is -2.15. The molecule has 0 saturated carbocycles. The lowest BCUT2D eigenvalue weighted by Crippen LogP contribution is -2.28. The smallest absolute Gasteiger partial charge is 0.255 e. The predicted molar refractivity (Wildman–Crippen MR) is 78.6 cm³/mol. The van der Waals surface area contributed by atoms with Crippen LogP contribution in [-0.2, 0) is 0 Å². The quantitative estimate of drug-likeness (QED) is 0.894. The summed E-state index contributed by atoms with van der Waals surface area (Å²) in [6.45, 7) is 3.79. The van der Waals surface area contributed by atoms with Crippen LogP contribution in [0.4, 0.5) is 5.69 Å². The van der Waals surface area contributed by atoms with Crippen LogP contribution >= 0.6 is 0 Å². The normalized spacial score (nSPS) is 11.8. The Morgan fingerprint density at radius 1 is 1.30 bits per heavy atom. The molecule has 0 aliphatic rings. The van der Waals surface area contributed by atoms with Crippen molar-refractivity contribution in [1.82, 2.24) is 15.3 Å². The molecule has 2 aromatic heterocycles. The SMILES string of the molecule is CNc1cc(C)ncc1C(=O)NC(C)c1ccccn1. The zero-order valence-electron chi connectivity index (χ0n) is 11.8. The zero-order chi connectivity index (χ0) is 14.5. The van der Waals surface area contributed by atoms with Crippen LogP contribution in [0, 0.1) is 6.92 Å². The molecule has 2 N–H and O–H groups in total. The Hall–Kier alpha value is -2.43. The van der Waals surface area contributed by atoms with E-state index in [-0.39, 0.29) is 11.9 Å². The Bertz CT molecular complexity index is 598. The van der Waals surface area contributed by atoms with Crippen LogP contribution in [-0.4, -0.2) is 22.9 Å². The molecule has 0 fully saturated rings. The van der Waals surface area contributed by atoms with Gasteiger partial charge in [-0.15, -0.1) is 0 Å². The molecule has 1 unspecified atom stereocenters. The first kappa shape index (κ1) is 14.0. The molecule has 0 bridgehead atoms. The predicted octanol–water partition coefficient (Wildman–Crippen LogP) is 2.32. The van der Waals surface area contributed by atoms with E-state index in [0.29, 0.717) is 5.56 Å². The van der Waals surface area contributed by atoms with E-state index in [1.54, 1.807) is 19.4 Å². The van der Waals surface area contributed by atoms with Gasteiger partial charge >= 0.3 is 0 Å². The van der Waals surface area contributed by atoms with Crippen LogP contribution in [0.15, 0.2) is 36.7 Å². The summed E-state index contributed by atoms with van der Waals surface area (Å²) in [6, 6.07) is 7.32. The molecule has 104 valence electrons. The van der Waals surface area contributed by atoms with E-state index in [2.05, 4.69) is 20.6 Å². The highest BCUT2D eigenvalue weighted by molar-refractivity contribution is 5.99. The molecule has 1 atom stereocenters. The van der Waals surface area contributed by atoms with Gasteiger partial charge in [0.1, 0.15) is 0 Å². The lowest BCUT2D eigenvalue weighted by atomic mass is 10.1. The van der Waals surface area contributed by atoms with Crippen molar-refractivity contribution >= 4 is 11.6 Å². The zero-order valence-corrected chi connectivity index (χ0v) is 11.8. The molecule has 5 heteroatoms. The Labute approximate surface area is 118 Å². The van der Waals surface area contributed by atoms with Crippen molar-refractivity contribution in [2.75, 3.05) is 12.4 Å². The van der Waals surface area contributed by atoms with E-state index in [1.165, 1.54) is 0 Å². The number of hydrogen-bond acceptors (Lipinski definition) is 4. The number of pyridine rings is 2. The number of aryl methyl sites for hydroxylation is 1. The molecule has 5 nitrogen and oxygen atoms in total. The topological polar surface area (TPSA) is 66.9 Å². The minimum absolute atomic E-state index is 0.158. The number of aromatic nitrogens is 2. The van der Waals surface area contributed by atoms with E-state index in [9.17, 15) is 4.79 Å². The Morgan fingerprint density at radius 3 is 2.75 bits per heavy atom. The summed E-state index contributed by atoms with van der Waals surface area (Å²) in [5.74, 6) is -0.167. The second-order valence-corrected chi connectivity index (χ2v) is 4.57. The van der Waals surface area contributed by atoms with Gasteiger partial charge in [-0.2, -0.15) is 0 Å². The van der Waals surface area contributed by atoms with Crippen LogP contribution in [0.25, 0.3) is 0 Å². The number of nitrogens with zero attached hydrogens (tertiary/aromatic N) is 2. The van der Waals surface area contributed by atoms with Gasteiger partial charge < -0.3 is 10.6 Å². The number of carbonyl (C=O) groups excluding carboxylic acids is 1. The highest BCUT2D eigenvalue weighted by Gasteiger charge is 2.15. The summed E-state index contributed by atoms with van der Waals surface area (Å²) in [7, 11) is 1.79. The number of anilines is 1. The molecule has 0 saturated heterocycles. The van der Waals surface area contributed by atoms with Gasteiger partial charge in [0.25, 0.3) is 5.91 Å². The maximum atomic E-state index is 12.3. The molecule has 20 heavy (non-hydrogen) atoms. The third kappa shape index (κ3) is 3.12. The lowest BCUT2D eigenvalue weighted by molar-refractivity contribution is 0.0939. The maximum absolute atomic E-state index is 12.3. The monoisotopic (exact) mass is 270 g/mol. The Morgan fingerprint density at radius 2 is 2.10 bits per heavy atom. The standard InChI is InChI=1S/C15H18N4O/c1-10-8-14(16-3)12(9-18-10)15(20)19-11(2)13-6-4-5-7-17-13/h4-9,11H,1-3H3,(H,16,18)(H,19,20). The molecule has 0 aliphatic heterocycles. The van der Waals surface area contributed by atoms with Gasteiger partial charge in [0.05, 0.1) is 23.0 Å². The van der Waals surface area contributed by atoms with Crippen LogP contribution < -0.4 is 10.6 Å². The molecule has 2 rings (SSSR count). The molecule has 2 heterocycles. The van der Waals surface area contributed by atoms with Gasteiger partial charge in [-0.1, -0.05) is 6.07 Å². The summed E-state index contributed by atoms with van der Waals surface area (Å²) in [5.41, 5.74) is 2.99. The third-order valence-electron chi connectivity index (χ3n) is 3.03. The average Bonchev–Trinajstić information content (AvgIpc) is 2.47.